The number of hydrogen-bond donors (Lipinski definition) is 7. The third-order valence-corrected chi connectivity index (χ3v) is 10.3. The van der Waals surface area contributed by atoms with Crippen molar-refractivity contribution in [1.82, 2.24) is 36.4 Å². The van der Waals surface area contributed by atoms with Crippen LogP contribution in [0.15, 0.2) is 80.4 Å². The van der Waals surface area contributed by atoms with Gasteiger partial charge in [-0.25, -0.2) is 30.0 Å². The topological polar surface area (TPSA) is 193 Å². The number of nitrogens with two attached hydrogens (primary N) is 2. The van der Waals surface area contributed by atoms with Crippen molar-refractivity contribution in [3.05, 3.63) is 67.2 Å². The van der Waals surface area contributed by atoms with E-state index in [1.807, 2.05) is 14.0 Å². The van der Waals surface area contributed by atoms with Gasteiger partial charge < -0.3 is 31.9 Å². The fourth-order valence-electron chi connectivity index (χ4n) is 5.58. The first kappa shape index (κ1) is 35.2. The zero-order valence-corrected chi connectivity index (χ0v) is 30.7. The molecule has 266 valence electrons. The molecule has 0 spiro atoms. The Labute approximate surface area is 304 Å². The van der Waals surface area contributed by atoms with Crippen molar-refractivity contribution in [2.24, 2.45) is 41.4 Å². The summed E-state index contributed by atoms with van der Waals surface area (Å²) in [5.74, 6) is 3.37. The van der Waals surface area contributed by atoms with Crippen LogP contribution in [0.2, 0.25) is 0 Å². The van der Waals surface area contributed by atoms with Gasteiger partial charge in [0.1, 0.15) is 12.3 Å². The lowest BCUT2D eigenvalue weighted by Crippen LogP contribution is -2.55. The fourth-order valence-corrected chi connectivity index (χ4v) is 7.69. The summed E-state index contributed by atoms with van der Waals surface area (Å²) in [5, 5.41) is 28.9. The van der Waals surface area contributed by atoms with E-state index in [4.69, 9.17) is 31.4 Å². The van der Waals surface area contributed by atoms with Crippen LogP contribution in [0.5, 0.6) is 0 Å². The van der Waals surface area contributed by atoms with Crippen molar-refractivity contribution in [2.45, 2.75) is 51.1 Å². The Balaban J connectivity index is 1.16. The number of hydrogen-bond acceptors (Lipinski definition) is 18. The second-order valence-corrected chi connectivity index (χ2v) is 14.2. The number of thiophene rings is 3. The van der Waals surface area contributed by atoms with Gasteiger partial charge in [0.25, 0.3) is 0 Å². The number of aliphatic imine (C=N–C) groups is 6. The zero-order valence-electron chi connectivity index (χ0n) is 28.2. The standard InChI is InChI=1S/C32H45N15S3/c1-21-37-29(35-2)45-31(38-21)47(12-5-24-9-16-50-20-24)17-26-40-28(34)44-32(42-26)46(11-4-23-8-15-49-19-23)13-6-25-39-27(33)43-30(41-25)36-10-3-22-7-14-48-18-22/h7-9,14-16,18-21,25-26H,3-6,10-13,17H2,1-2H3,(H3,34,40,42,44)(H2,35,37,38,45)(H4,33,36,39,41,43). The molecule has 9 N–H and O–H groups in total. The number of nitrogens with one attached hydrogen (secondary N) is 5. The first-order valence-electron chi connectivity index (χ1n) is 16.6. The Morgan fingerprint density at radius 1 is 0.680 bits per heavy atom. The van der Waals surface area contributed by atoms with Crippen LogP contribution in [0.3, 0.4) is 0 Å². The summed E-state index contributed by atoms with van der Waals surface area (Å²) >= 11 is 5.09. The monoisotopic (exact) mass is 735 g/mol. The van der Waals surface area contributed by atoms with Crippen molar-refractivity contribution < 1.29 is 0 Å². The van der Waals surface area contributed by atoms with E-state index in [0.29, 0.717) is 49.3 Å². The van der Waals surface area contributed by atoms with Crippen molar-refractivity contribution in [3.63, 3.8) is 0 Å². The van der Waals surface area contributed by atoms with Crippen molar-refractivity contribution in [1.29, 1.82) is 0 Å². The Kier molecular flexibility index (Phi) is 12.2. The Morgan fingerprint density at radius 2 is 1.30 bits per heavy atom. The SMILES string of the molecule is CNC1=NC(C)N=C(N(CCc2ccsc2)CC2N=C(N)NC(N(CCc3ccsc3)CCC3N=C(N)NC(NCCc4ccsc4)=N3)=N2)N1. The van der Waals surface area contributed by atoms with E-state index < -0.39 is 6.17 Å². The first-order valence-corrected chi connectivity index (χ1v) is 19.5. The molecule has 3 atom stereocenters. The molecular formula is C32H45N15S3. The summed E-state index contributed by atoms with van der Waals surface area (Å²) in [6, 6.07) is 6.44. The van der Waals surface area contributed by atoms with Crippen LogP contribution in [0.25, 0.3) is 0 Å². The lowest BCUT2D eigenvalue weighted by Gasteiger charge is -2.34. The van der Waals surface area contributed by atoms with Gasteiger partial charge in [-0.3, -0.25) is 16.0 Å². The molecule has 0 amide bonds. The maximum Gasteiger partial charge on any atom is 0.203 e. The summed E-state index contributed by atoms with van der Waals surface area (Å²) in [6.45, 7) is 5.24. The highest BCUT2D eigenvalue weighted by molar-refractivity contribution is 7.08. The Hall–Kier alpha value is -4.68. The van der Waals surface area contributed by atoms with Gasteiger partial charge in [0.2, 0.25) is 11.9 Å². The molecule has 18 heteroatoms. The average Bonchev–Trinajstić information content (AvgIpc) is 3.91. The highest BCUT2D eigenvalue weighted by Crippen LogP contribution is 2.15. The lowest BCUT2D eigenvalue weighted by molar-refractivity contribution is 0.360. The van der Waals surface area contributed by atoms with Gasteiger partial charge in [0.15, 0.2) is 30.0 Å². The second-order valence-electron chi connectivity index (χ2n) is 11.9. The van der Waals surface area contributed by atoms with Gasteiger partial charge in [-0.05, 0) is 93.4 Å². The quantitative estimate of drug-likeness (QED) is 0.129. The highest BCUT2D eigenvalue weighted by Gasteiger charge is 2.26. The molecule has 3 unspecified atom stereocenters. The molecule has 0 radical (unpaired) electrons. The maximum atomic E-state index is 6.44. The van der Waals surface area contributed by atoms with E-state index in [-0.39, 0.29) is 12.3 Å². The number of guanidine groups is 6. The lowest BCUT2D eigenvalue weighted by atomic mass is 10.2. The molecule has 3 aliphatic heterocycles. The minimum Gasteiger partial charge on any atom is -0.370 e. The molecule has 0 saturated carbocycles. The second kappa shape index (κ2) is 17.3. The third-order valence-electron chi connectivity index (χ3n) is 8.13. The van der Waals surface area contributed by atoms with E-state index in [9.17, 15) is 0 Å². The maximum absolute atomic E-state index is 6.44. The molecule has 0 aliphatic carbocycles. The predicted octanol–water partition coefficient (Wildman–Crippen LogP) is 1.56. The number of nitrogens with zero attached hydrogens (tertiary/aromatic N) is 8. The molecule has 0 bridgehead atoms. The molecule has 15 nitrogen and oxygen atoms in total. The van der Waals surface area contributed by atoms with E-state index in [2.05, 4.69) is 96.8 Å². The van der Waals surface area contributed by atoms with Crippen LogP contribution < -0.4 is 38.1 Å². The fraction of sp³-hybridized carbons (Fsp3) is 0.438. The molecule has 50 heavy (non-hydrogen) atoms. The van der Waals surface area contributed by atoms with E-state index in [1.54, 1.807) is 34.0 Å². The normalized spacial score (nSPS) is 20.1. The molecule has 0 aromatic carbocycles. The summed E-state index contributed by atoms with van der Waals surface area (Å²) in [4.78, 5) is 32.9. The van der Waals surface area contributed by atoms with E-state index in [1.165, 1.54) is 16.7 Å². The highest BCUT2D eigenvalue weighted by atomic mass is 32.1. The van der Waals surface area contributed by atoms with Gasteiger partial charge >= 0.3 is 0 Å². The van der Waals surface area contributed by atoms with Gasteiger partial charge in [-0.1, -0.05) is 0 Å². The summed E-state index contributed by atoms with van der Waals surface area (Å²) in [6.07, 6.45) is 2.19. The molecular weight excluding hydrogens is 691 g/mol. The van der Waals surface area contributed by atoms with Crippen molar-refractivity contribution in [3.8, 4) is 0 Å². The molecule has 3 aromatic rings. The van der Waals surface area contributed by atoms with Crippen LogP contribution in [0.1, 0.15) is 30.0 Å². The van der Waals surface area contributed by atoms with E-state index >= 15 is 0 Å². The van der Waals surface area contributed by atoms with Gasteiger partial charge in [-0.15, -0.1) is 0 Å². The van der Waals surface area contributed by atoms with Gasteiger partial charge in [0, 0.05) is 39.6 Å². The molecule has 3 aliphatic rings. The van der Waals surface area contributed by atoms with Gasteiger partial charge in [-0.2, -0.15) is 34.0 Å². The van der Waals surface area contributed by atoms with Crippen LogP contribution >= 0.6 is 34.0 Å². The van der Waals surface area contributed by atoms with Crippen molar-refractivity contribution >= 4 is 69.8 Å². The molecule has 3 aromatic heterocycles. The Morgan fingerprint density at radius 3 is 1.96 bits per heavy atom. The third kappa shape index (κ3) is 10.2. The van der Waals surface area contributed by atoms with Crippen LogP contribution in [0.4, 0.5) is 0 Å². The molecule has 0 fully saturated rings. The van der Waals surface area contributed by atoms with Crippen LogP contribution in [-0.2, 0) is 19.3 Å². The minimum atomic E-state index is -0.460. The Bertz CT molecular complexity index is 1690. The van der Waals surface area contributed by atoms with Crippen molar-refractivity contribution in [2.75, 3.05) is 39.8 Å². The minimum absolute atomic E-state index is 0.225. The van der Waals surface area contributed by atoms with Crippen LogP contribution in [0, 0.1) is 0 Å². The molecule has 0 saturated heterocycles. The predicted molar refractivity (Wildman–Crippen MR) is 208 cm³/mol. The smallest absolute Gasteiger partial charge is 0.203 e. The summed E-state index contributed by atoms with van der Waals surface area (Å²) in [7, 11) is 1.84. The average molecular weight is 736 g/mol. The zero-order chi connectivity index (χ0) is 34.7. The number of rotatable bonds is 14. The van der Waals surface area contributed by atoms with Gasteiger partial charge in [0.05, 0.1) is 6.54 Å². The molecule has 6 heterocycles. The first-order chi connectivity index (χ1) is 24.4. The largest absolute Gasteiger partial charge is 0.370 e. The molecule has 6 rings (SSSR count). The summed E-state index contributed by atoms with van der Waals surface area (Å²) < 4.78 is 0. The van der Waals surface area contributed by atoms with Crippen LogP contribution in [-0.4, -0.2) is 104 Å². The van der Waals surface area contributed by atoms with E-state index in [0.717, 1.165) is 44.9 Å². The summed E-state index contributed by atoms with van der Waals surface area (Å²) in [5.41, 5.74) is 16.5.